The van der Waals surface area contributed by atoms with Crippen LogP contribution in [0.1, 0.15) is 28.9 Å². The average Bonchev–Trinajstić information content (AvgIpc) is 3.26. The van der Waals surface area contributed by atoms with Crippen LogP contribution in [0.4, 0.5) is 8.78 Å². The van der Waals surface area contributed by atoms with Crippen LogP contribution >= 0.6 is 0 Å². The molecule has 29 heavy (non-hydrogen) atoms. The average molecular weight is 400 g/mol. The lowest BCUT2D eigenvalue weighted by Gasteiger charge is -2.29. The lowest BCUT2D eigenvalue weighted by Crippen LogP contribution is -2.36. The number of alkyl halides is 2. The molecule has 0 saturated carbocycles. The van der Waals surface area contributed by atoms with Crippen molar-refractivity contribution in [2.24, 2.45) is 11.8 Å². The summed E-state index contributed by atoms with van der Waals surface area (Å²) in [5.41, 5.74) is 1.39. The van der Waals surface area contributed by atoms with Gasteiger partial charge in [0.1, 0.15) is 5.75 Å². The maximum atomic E-state index is 13.0. The van der Waals surface area contributed by atoms with Gasteiger partial charge in [-0.1, -0.05) is 36.4 Å². The quantitative estimate of drug-likeness (QED) is 0.788. The highest BCUT2D eigenvalue weighted by molar-refractivity contribution is 5.94. The smallest absolute Gasteiger partial charge is 0.387 e. The SMILES string of the molecule is CC(=O)N1C[C@H]2CN(C(=O)c3cccc(OC(F)F)c3)C[C@H]2[C@H]1c1ccccc1. The molecule has 5 nitrogen and oxygen atoms in total. The Balaban J connectivity index is 1.54. The van der Waals surface area contributed by atoms with Crippen LogP contribution < -0.4 is 4.74 Å². The van der Waals surface area contributed by atoms with Crippen molar-refractivity contribution in [1.82, 2.24) is 9.80 Å². The molecule has 2 aliphatic heterocycles. The Bertz CT molecular complexity index is 906. The third-order valence-corrected chi connectivity index (χ3v) is 5.80. The van der Waals surface area contributed by atoms with Crippen LogP contribution in [-0.2, 0) is 4.79 Å². The fraction of sp³-hybridized carbons (Fsp3) is 0.364. The van der Waals surface area contributed by atoms with Crippen LogP contribution in [0, 0.1) is 11.8 Å². The van der Waals surface area contributed by atoms with Crippen molar-refractivity contribution in [3.05, 3.63) is 65.7 Å². The van der Waals surface area contributed by atoms with Gasteiger partial charge >= 0.3 is 6.61 Å². The molecule has 3 atom stereocenters. The minimum atomic E-state index is -2.93. The van der Waals surface area contributed by atoms with E-state index in [1.54, 1.807) is 17.9 Å². The normalized spacial score (nSPS) is 23.4. The number of carbonyl (C=O) groups excluding carboxylic acids is 2. The zero-order chi connectivity index (χ0) is 20.5. The summed E-state index contributed by atoms with van der Waals surface area (Å²) in [5, 5.41) is 0. The van der Waals surface area contributed by atoms with Gasteiger partial charge in [0.2, 0.25) is 5.91 Å². The van der Waals surface area contributed by atoms with Gasteiger partial charge in [0, 0.05) is 44.0 Å². The molecule has 0 N–H and O–H groups in total. The molecule has 2 heterocycles. The molecule has 0 bridgehead atoms. The van der Waals surface area contributed by atoms with Gasteiger partial charge in [-0.3, -0.25) is 9.59 Å². The Hall–Kier alpha value is -2.96. The van der Waals surface area contributed by atoms with Gasteiger partial charge in [0.15, 0.2) is 0 Å². The number of likely N-dealkylation sites (tertiary alicyclic amines) is 2. The first-order chi connectivity index (χ1) is 13.9. The highest BCUT2D eigenvalue weighted by atomic mass is 19.3. The number of rotatable bonds is 4. The Morgan fingerprint density at radius 2 is 1.79 bits per heavy atom. The number of fused-ring (bicyclic) bond motifs is 1. The Kier molecular flexibility index (Phi) is 5.22. The number of hydrogen-bond acceptors (Lipinski definition) is 3. The van der Waals surface area contributed by atoms with E-state index in [0.717, 1.165) is 5.56 Å². The van der Waals surface area contributed by atoms with E-state index in [1.165, 1.54) is 18.2 Å². The van der Waals surface area contributed by atoms with Crippen molar-refractivity contribution in [2.75, 3.05) is 19.6 Å². The van der Waals surface area contributed by atoms with Crippen LogP contribution in [-0.4, -0.2) is 47.9 Å². The second-order valence-corrected chi connectivity index (χ2v) is 7.57. The summed E-state index contributed by atoms with van der Waals surface area (Å²) in [6.07, 6.45) is 0. The first-order valence-electron chi connectivity index (χ1n) is 9.60. The van der Waals surface area contributed by atoms with Crippen LogP contribution in [0.5, 0.6) is 5.75 Å². The number of ether oxygens (including phenoxy) is 1. The highest BCUT2D eigenvalue weighted by Gasteiger charge is 2.49. The molecule has 2 saturated heterocycles. The van der Waals surface area contributed by atoms with E-state index >= 15 is 0 Å². The molecule has 2 aromatic rings. The Morgan fingerprint density at radius 1 is 1.03 bits per heavy atom. The van der Waals surface area contributed by atoms with Gasteiger partial charge in [0.25, 0.3) is 5.91 Å². The van der Waals surface area contributed by atoms with Gasteiger partial charge in [-0.05, 0) is 23.8 Å². The predicted octanol–water partition coefficient (Wildman–Crippen LogP) is 3.58. The molecule has 2 aromatic carbocycles. The minimum absolute atomic E-state index is 0.0305. The molecule has 7 heteroatoms. The summed E-state index contributed by atoms with van der Waals surface area (Å²) in [4.78, 5) is 28.8. The van der Waals surface area contributed by atoms with Gasteiger partial charge < -0.3 is 14.5 Å². The summed E-state index contributed by atoms with van der Waals surface area (Å²) >= 11 is 0. The maximum Gasteiger partial charge on any atom is 0.387 e. The lowest BCUT2D eigenvalue weighted by molar-refractivity contribution is -0.130. The second kappa shape index (κ2) is 7.81. The fourth-order valence-electron chi connectivity index (χ4n) is 4.60. The number of halogens is 2. The summed E-state index contributed by atoms with van der Waals surface area (Å²) in [6.45, 7) is 0.311. The van der Waals surface area contributed by atoms with Crippen molar-refractivity contribution < 1.29 is 23.1 Å². The molecule has 0 aliphatic carbocycles. The highest BCUT2D eigenvalue weighted by Crippen LogP contribution is 2.45. The third kappa shape index (κ3) is 3.81. The summed E-state index contributed by atoms with van der Waals surface area (Å²) in [7, 11) is 0. The maximum absolute atomic E-state index is 13.0. The second-order valence-electron chi connectivity index (χ2n) is 7.57. The molecule has 2 aliphatic rings. The minimum Gasteiger partial charge on any atom is -0.435 e. The predicted molar refractivity (Wildman–Crippen MR) is 103 cm³/mol. The van der Waals surface area contributed by atoms with Gasteiger partial charge in [0.05, 0.1) is 6.04 Å². The molecule has 0 radical (unpaired) electrons. The first kappa shape index (κ1) is 19.4. The van der Waals surface area contributed by atoms with Crippen molar-refractivity contribution in [1.29, 1.82) is 0 Å². The first-order valence-corrected chi connectivity index (χ1v) is 9.60. The molecule has 152 valence electrons. The molecular formula is C22H22F2N2O3. The van der Waals surface area contributed by atoms with E-state index < -0.39 is 6.61 Å². The standard InChI is InChI=1S/C22H22F2N2O3/c1-14(27)26-12-17-11-25(13-19(17)20(26)15-6-3-2-4-7-15)21(28)16-8-5-9-18(10-16)29-22(23)24/h2-10,17,19-20,22H,11-13H2,1H3/t17-,19-,20-/m1/s1. The number of nitrogens with zero attached hydrogens (tertiary/aromatic N) is 2. The van der Waals surface area contributed by atoms with Crippen molar-refractivity contribution >= 4 is 11.8 Å². The number of amides is 2. The van der Waals surface area contributed by atoms with E-state index in [2.05, 4.69) is 4.74 Å². The molecule has 0 spiro atoms. The monoisotopic (exact) mass is 400 g/mol. The fourth-order valence-corrected chi connectivity index (χ4v) is 4.60. The molecule has 2 fully saturated rings. The molecule has 4 rings (SSSR count). The zero-order valence-corrected chi connectivity index (χ0v) is 16.0. The molecular weight excluding hydrogens is 378 g/mol. The van der Waals surface area contributed by atoms with Gasteiger partial charge in [-0.25, -0.2) is 0 Å². The van der Waals surface area contributed by atoms with E-state index in [-0.39, 0.29) is 35.4 Å². The van der Waals surface area contributed by atoms with Crippen molar-refractivity contribution in [2.45, 2.75) is 19.6 Å². The summed E-state index contributed by atoms with van der Waals surface area (Å²) in [5.74, 6) is 0.123. The molecule has 0 aromatic heterocycles. The van der Waals surface area contributed by atoms with Gasteiger partial charge in [-0.2, -0.15) is 8.78 Å². The van der Waals surface area contributed by atoms with Crippen molar-refractivity contribution in [3.63, 3.8) is 0 Å². The Labute approximate surface area is 167 Å². The van der Waals surface area contributed by atoms with E-state index in [9.17, 15) is 18.4 Å². The topological polar surface area (TPSA) is 49.9 Å². The van der Waals surface area contributed by atoms with Crippen molar-refractivity contribution in [3.8, 4) is 5.75 Å². The Morgan fingerprint density at radius 3 is 2.48 bits per heavy atom. The molecule has 0 unspecified atom stereocenters. The van der Waals surface area contributed by atoms with Crippen LogP contribution in [0.2, 0.25) is 0 Å². The van der Waals surface area contributed by atoms with E-state index in [0.29, 0.717) is 25.2 Å². The third-order valence-electron chi connectivity index (χ3n) is 5.80. The number of hydrogen-bond donors (Lipinski definition) is 0. The number of benzene rings is 2. The summed E-state index contributed by atoms with van der Waals surface area (Å²) < 4.78 is 29.3. The van der Waals surface area contributed by atoms with Crippen LogP contribution in [0.15, 0.2) is 54.6 Å². The lowest BCUT2D eigenvalue weighted by atomic mass is 9.89. The summed E-state index contributed by atoms with van der Waals surface area (Å²) in [6, 6.07) is 15.7. The zero-order valence-electron chi connectivity index (χ0n) is 16.0. The van der Waals surface area contributed by atoms with Gasteiger partial charge in [-0.15, -0.1) is 0 Å². The largest absolute Gasteiger partial charge is 0.435 e. The van der Waals surface area contributed by atoms with Crippen LogP contribution in [0.3, 0.4) is 0 Å². The van der Waals surface area contributed by atoms with E-state index in [1.807, 2.05) is 35.2 Å². The van der Waals surface area contributed by atoms with Crippen LogP contribution in [0.25, 0.3) is 0 Å². The molecule has 2 amide bonds. The van der Waals surface area contributed by atoms with E-state index in [4.69, 9.17) is 0 Å². The number of carbonyl (C=O) groups is 2.